The molecule has 0 aliphatic carbocycles. The second-order valence-corrected chi connectivity index (χ2v) is 6.63. The number of alkyl halides is 3. The number of aromatic hydroxyl groups is 1. The molecule has 25 heavy (non-hydrogen) atoms. The van der Waals surface area contributed by atoms with Gasteiger partial charge in [-0.25, -0.2) is 9.78 Å². The van der Waals surface area contributed by atoms with Crippen LogP contribution in [0.25, 0.3) is 0 Å². The number of carbonyl (C=O) groups excluding carboxylic acids is 2. The lowest BCUT2D eigenvalue weighted by atomic mass is 10.1. The second-order valence-electron chi connectivity index (χ2n) is 5.09. The zero-order valence-corrected chi connectivity index (χ0v) is 13.9. The SMILES string of the molecule is COC(=O)C(C)(C)NC(=O)c1ncc(OS(=O)(=O)C(F)(F)F)cc1O. The Balaban J connectivity index is 3.04. The summed E-state index contributed by atoms with van der Waals surface area (Å²) in [5, 5.41) is 11.8. The number of amides is 1. The first kappa shape index (κ1) is 20.5. The zero-order valence-electron chi connectivity index (χ0n) is 13.0. The van der Waals surface area contributed by atoms with E-state index in [9.17, 15) is 36.3 Å². The van der Waals surface area contributed by atoms with Crippen molar-refractivity contribution < 1.29 is 45.2 Å². The highest BCUT2D eigenvalue weighted by molar-refractivity contribution is 7.88. The van der Waals surface area contributed by atoms with Gasteiger partial charge in [0, 0.05) is 6.07 Å². The van der Waals surface area contributed by atoms with Crippen LogP contribution in [-0.4, -0.2) is 48.5 Å². The monoisotopic (exact) mass is 386 g/mol. The summed E-state index contributed by atoms with van der Waals surface area (Å²) in [6, 6.07) is 0.455. The summed E-state index contributed by atoms with van der Waals surface area (Å²) in [6.07, 6.45) is 0.489. The third-order valence-corrected chi connectivity index (χ3v) is 3.65. The highest BCUT2D eigenvalue weighted by Crippen LogP contribution is 2.29. The maximum atomic E-state index is 12.2. The Kier molecular flexibility index (Phi) is 5.52. The van der Waals surface area contributed by atoms with Crippen LogP contribution in [0, 0.1) is 0 Å². The van der Waals surface area contributed by atoms with Gasteiger partial charge in [-0.15, -0.1) is 0 Å². The van der Waals surface area contributed by atoms with Gasteiger partial charge in [0.2, 0.25) is 0 Å². The lowest BCUT2D eigenvalue weighted by Crippen LogP contribution is -2.50. The summed E-state index contributed by atoms with van der Waals surface area (Å²) < 4.78 is 66.6. The summed E-state index contributed by atoms with van der Waals surface area (Å²) in [4.78, 5) is 26.8. The summed E-state index contributed by atoms with van der Waals surface area (Å²) in [7, 11) is -4.87. The topological polar surface area (TPSA) is 132 Å². The van der Waals surface area contributed by atoms with E-state index in [4.69, 9.17) is 0 Å². The molecule has 0 aliphatic heterocycles. The minimum Gasteiger partial charge on any atom is -0.505 e. The van der Waals surface area contributed by atoms with Crippen LogP contribution >= 0.6 is 0 Å². The molecule has 1 aromatic heterocycles. The van der Waals surface area contributed by atoms with Crippen molar-refractivity contribution >= 4 is 22.0 Å². The molecule has 13 heteroatoms. The normalized spacial score (nSPS) is 12.4. The van der Waals surface area contributed by atoms with Crippen LogP contribution < -0.4 is 9.50 Å². The predicted molar refractivity (Wildman–Crippen MR) is 75.1 cm³/mol. The van der Waals surface area contributed by atoms with Gasteiger partial charge in [-0.2, -0.15) is 21.6 Å². The molecular formula is C12H13F3N2O7S. The van der Waals surface area contributed by atoms with Crippen molar-refractivity contribution in [3.8, 4) is 11.5 Å². The molecule has 140 valence electrons. The highest BCUT2D eigenvalue weighted by atomic mass is 32.2. The molecule has 1 heterocycles. The number of ether oxygens (including phenoxy) is 1. The molecule has 0 saturated carbocycles. The van der Waals surface area contributed by atoms with E-state index in [0.717, 1.165) is 7.11 Å². The van der Waals surface area contributed by atoms with Gasteiger partial charge in [0.1, 0.15) is 5.54 Å². The number of nitrogens with zero attached hydrogens (tertiary/aromatic N) is 1. The van der Waals surface area contributed by atoms with Gasteiger partial charge in [0.25, 0.3) is 5.91 Å². The van der Waals surface area contributed by atoms with Gasteiger partial charge in [-0.05, 0) is 13.8 Å². The largest absolute Gasteiger partial charge is 0.534 e. The maximum Gasteiger partial charge on any atom is 0.534 e. The van der Waals surface area contributed by atoms with E-state index >= 15 is 0 Å². The van der Waals surface area contributed by atoms with Crippen molar-refractivity contribution in [3.63, 3.8) is 0 Å². The summed E-state index contributed by atoms with van der Waals surface area (Å²) in [5.41, 5.74) is -7.84. The third kappa shape index (κ3) is 4.71. The number of esters is 1. The van der Waals surface area contributed by atoms with Crippen LogP contribution in [0.4, 0.5) is 13.2 Å². The molecule has 1 amide bonds. The van der Waals surface area contributed by atoms with Gasteiger partial charge >= 0.3 is 21.6 Å². The smallest absolute Gasteiger partial charge is 0.505 e. The Morgan fingerprint density at radius 1 is 1.28 bits per heavy atom. The van der Waals surface area contributed by atoms with Gasteiger partial charge in [0.05, 0.1) is 13.3 Å². The van der Waals surface area contributed by atoms with Crippen molar-refractivity contribution in [3.05, 3.63) is 18.0 Å². The standard InChI is InChI=1S/C12H13F3N2O7S/c1-11(2,10(20)23-3)17-9(19)8-7(18)4-6(5-16-8)24-25(21,22)12(13,14)15/h4-5,18H,1-3H3,(H,17,19). The summed E-state index contributed by atoms with van der Waals surface area (Å²) in [6.45, 7) is 2.59. The number of aromatic nitrogens is 1. The van der Waals surface area contributed by atoms with Crippen LogP contribution in [0.5, 0.6) is 11.5 Å². The van der Waals surface area contributed by atoms with Crippen LogP contribution in [-0.2, 0) is 19.6 Å². The van der Waals surface area contributed by atoms with Crippen molar-refractivity contribution in [2.24, 2.45) is 0 Å². The van der Waals surface area contributed by atoms with E-state index in [1.54, 1.807) is 0 Å². The molecular weight excluding hydrogens is 373 g/mol. The number of rotatable bonds is 5. The van der Waals surface area contributed by atoms with E-state index in [0.29, 0.717) is 12.3 Å². The van der Waals surface area contributed by atoms with Crippen LogP contribution in [0.3, 0.4) is 0 Å². The number of methoxy groups -OCH3 is 1. The Morgan fingerprint density at radius 2 is 1.84 bits per heavy atom. The van der Waals surface area contributed by atoms with Gasteiger partial charge in [-0.3, -0.25) is 4.79 Å². The fourth-order valence-electron chi connectivity index (χ4n) is 1.48. The molecule has 0 radical (unpaired) electrons. The number of nitrogens with one attached hydrogen (secondary N) is 1. The Morgan fingerprint density at radius 3 is 2.28 bits per heavy atom. The summed E-state index contributed by atoms with van der Waals surface area (Å²) >= 11 is 0. The van der Waals surface area contributed by atoms with E-state index in [-0.39, 0.29) is 0 Å². The fourth-order valence-corrected chi connectivity index (χ4v) is 1.92. The molecule has 9 nitrogen and oxygen atoms in total. The Bertz CT molecular complexity index is 790. The molecule has 1 aromatic rings. The molecule has 0 atom stereocenters. The lowest BCUT2D eigenvalue weighted by molar-refractivity contribution is -0.146. The molecule has 0 spiro atoms. The Labute approximate surface area is 139 Å². The third-order valence-electron chi connectivity index (χ3n) is 2.67. The minimum absolute atomic E-state index is 0.455. The van der Waals surface area contributed by atoms with Crippen LogP contribution in [0.1, 0.15) is 24.3 Å². The first-order chi connectivity index (χ1) is 11.2. The van der Waals surface area contributed by atoms with Crippen molar-refractivity contribution in [2.45, 2.75) is 24.9 Å². The number of pyridine rings is 1. The first-order valence-corrected chi connectivity index (χ1v) is 7.73. The lowest BCUT2D eigenvalue weighted by Gasteiger charge is -2.22. The van der Waals surface area contributed by atoms with Crippen LogP contribution in [0.15, 0.2) is 12.3 Å². The number of hydrogen-bond acceptors (Lipinski definition) is 8. The van der Waals surface area contributed by atoms with E-state index < -0.39 is 50.2 Å². The van der Waals surface area contributed by atoms with E-state index in [1.807, 2.05) is 0 Å². The summed E-state index contributed by atoms with van der Waals surface area (Å²) in [5.74, 6) is -3.79. The molecule has 0 saturated heterocycles. The fraction of sp³-hybridized carbons (Fsp3) is 0.417. The number of halogens is 3. The molecule has 0 aromatic carbocycles. The molecule has 2 N–H and O–H groups in total. The quantitative estimate of drug-likeness (QED) is 0.429. The maximum absolute atomic E-state index is 12.2. The molecule has 0 fully saturated rings. The predicted octanol–water partition coefficient (Wildman–Crippen LogP) is 0.697. The second kappa shape index (κ2) is 6.74. The first-order valence-electron chi connectivity index (χ1n) is 6.32. The molecule has 0 unspecified atom stereocenters. The van der Waals surface area contributed by atoms with Gasteiger partial charge < -0.3 is 19.3 Å². The minimum atomic E-state index is -5.96. The van der Waals surface area contributed by atoms with E-state index in [1.165, 1.54) is 13.8 Å². The zero-order chi connectivity index (χ0) is 19.6. The van der Waals surface area contributed by atoms with E-state index in [2.05, 4.69) is 19.2 Å². The molecule has 0 aliphatic rings. The highest BCUT2D eigenvalue weighted by Gasteiger charge is 2.48. The van der Waals surface area contributed by atoms with Gasteiger partial charge in [-0.1, -0.05) is 0 Å². The average molecular weight is 386 g/mol. The van der Waals surface area contributed by atoms with Crippen molar-refractivity contribution in [1.82, 2.24) is 10.3 Å². The number of hydrogen-bond donors (Lipinski definition) is 2. The molecule has 1 rings (SSSR count). The molecule has 0 bridgehead atoms. The Hall–Kier alpha value is -2.57. The average Bonchev–Trinajstić information content (AvgIpc) is 2.44. The van der Waals surface area contributed by atoms with Crippen LogP contribution in [0.2, 0.25) is 0 Å². The van der Waals surface area contributed by atoms with Crippen molar-refractivity contribution in [1.29, 1.82) is 0 Å². The van der Waals surface area contributed by atoms with Crippen molar-refractivity contribution in [2.75, 3.05) is 7.11 Å². The van der Waals surface area contributed by atoms with Gasteiger partial charge in [0.15, 0.2) is 17.2 Å². The number of carbonyl (C=O) groups is 2.